The smallest absolute Gasteiger partial charge is 0.154 e. The number of piperidine rings is 1. The molecule has 1 aliphatic rings. The first kappa shape index (κ1) is 17.4. The Bertz CT molecular complexity index is 760. The number of rotatable bonds is 4. The van der Waals surface area contributed by atoms with Crippen LogP contribution in [0.25, 0.3) is 0 Å². The molecular formula is C19H26N6. The van der Waals surface area contributed by atoms with E-state index in [0.29, 0.717) is 23.8 Å². The largest absolute Gasteiger partial charge is 0.382 e. The maximum absolute atomic E-state index is 8.36. The van der Waals surface area contributed by atoms with Crippen LogP contribution in [0.3, 0.4) is 0 Å². The van der Waals surface area contributed by atoms with Gasteiger partial charge in [0.25, 0.3) is 0 Å². The fraction of sp³-hybridized carbons (Fsp3) is 0.421. The van der Waals surface area contributed by atoms with Gasteiger partial charge in [-0.05, 0) is 31.7 Å². The molecule has 0 spiro atoms. The lowest BCUT2D eigenvalue weighted by Crippen LogP contribution is -2.42. The Morgan fingerprint density at radius 1 is 1.24 bits per heavy atom. The van der Waals surface area contributed by atoms with Crippen LogP contribution < -0.4 is 16.4 Å². The number of aromatic nitrogens is 2. The Morgan fingerprint density at radius 2 is 1.88 bits per heavy atom. The average molecular weight is 338 g/mol. The molecule has 0 amide bonds. The summed E-state index contributed by atoms with van der Waals surface area (Å²) >= 11 is 0. The van der Waals surface area contributed by atoms with Crippen molar-refractivity contribution in [1.82, 2.24) is 9.97 Å². The molecule has 0 aliphatic carbocycles. The first-order valence-corrected chi connectivity index (χ1v) is 8.65. The summed E-state index contributed by atoms with van der Waals surface area (Å²) in [6, 6.07) is 7.77. The topological polar surface area (TPSA) is 105 Å². The summed E-state index contributed by atoms with van der Waals surface area (Å²) in [6.45, 7) is 6.76. The second-order valence-corrected chi connectivity index (χ2v) is 7.20. The van der Waals surface area contributed by atoms with Crippen molar-refractivity contribution in [2.45, 2.75) is 26.7 Å². The van der Waals surface area contributed by atoms with Gasteiger partial charge in [-0.25, -0.2) is 9.97 Å². The molecule has 6 nitrogen and oxygen atoms in total. The van der Waals surface area contributed by atoms with Crippen molar-refractivity contribution in [2.75, 3.05) is 30.3 Å². The Labute approximate surface area is 148 Å². The van der Waals surface area contributed by atoms with Crippen LogP contribution >= 0.6 is 0 Å². The van der Waals surface area contributed by atoms with Gasteiger partial charge in [-0.2, -0.15) is 0 Å². The molecular weight excluding hydrogens is 312 g/mol. The summed E-state index contributed by atoms with van der Waals surface area (Å²) in [4.78, 5) is 11.1. The zero-order chi connectivity index (χ0) is 18.0. The van der Waals surface area contributed by atoms with Gasteiger partial charge in [0, 0.05) is 18.7 Å². The molecule has 6 heteroatoms. The maximum Gasteiger partial charge on any atom is 0.154 e. The Morgan fingerprint density at radius 3 is 2.44 bits per heavy atom. The van der Waals surface area contributed by atoms with E-state index in [1.165, 1.54) is 0 Å². The molecule has 132 valence electrons. The van der Waals surface area contributed by atoms with E-state index in [1.54, 1.807) is 6.20 Å². The Hall–Kier alpha value is -2.47. The van der Waals surface area contributed by atoms with Gasteiger partial charge in [0.05, 0.1) is 11.9 Å². The van der Waals surface area contributed by atoms with Gasteiger partial charge in [0.2, 0.25) is 0 Å². The molecule has 3 rings (SSSR count). The minimum atomic E-state index is 0.211. The lowest BCUT2D eigenvalue weighted by molar-refractivity contribution is 0.258. The van der Waals surface area contributed by atoms with Crippen LogP contribution in [0.15, 0.2) is 30.5 Å². The summed E-state index contributed by atoms with van der Waals surface area (Å²) in [5.41, 5.74) is 14.9. The van der Waals surface area contributed by atoms with E-state index in [9.17, 15) is 0 Å². The van der Waals surface area contributed by atoms with E-state index in [1.807, 2.05) is 31.2 Å². The fourth-order valence-electron chi connectivity index (χ4n) is 3.08. The SMILES string of the molecule is Cc1ccc(C(=N)c2ncc(N3CCC(C)(CN)CC3)nc2N)cc1. The van der Waals surface area contributed by atoms with Crippen molar-refractivity contribution < 1.29 is 0 Å². The lowest BCUT2D eigenvalue weighted by atomic mass is 9.80. The number of anilines is 2. The van der Waals surface area contributed by atoms with Gasteiger partial charge in [0.1, 0.15) is 11.5 Å². The number of benzene rings is 1. The summed E-state index contributed by atoms with van der Waals surface area (Å²) in [6.07, 6.45) is 3.79. The maximum atomic E-state index is 8.36. The first-order valence-electron chi connectivity index (χ1n) is 8.65. The average Bonchev–Trinajstić information content (AvgIpc) is 2.62. The van der Waals surface area contributed by atoms with Gasteiger partial charge in [-0.15, -0.1) is 0 Å². The lowest BCUT2D eigenvalue weighted by Gasteiger charge is -2.39. The number of nitrogens with zero attached hydrogens (tertiary/aromatic N) is 3. The molecule has 0 radical (unpaired) electrons. The minimum absolute atomic E-state index is 0.211. The summed E-state index contributed by atoms with van der Waals surface area (Å²) in [7, 11) is 0. The summed E-state index contributed by atoms with van der Waals surface area (Å²) < 4.78 is 0. The van der Waals surface area contributed by atoms with Gasteiger partial charge in [-0.1, -0.05) is 36.8 Å². The standard InChI is InChI=1S/C19H26N6/c1-13-3-5-14(6-4-13)16(21)17-18(22)24-15(11-23-17)25-9-7-19(2,12-20)8-10-25/h3-6,11,21H,7-10,12,20H2,1-2H3,(H2,22,24). The second-order valence-electron chi connectivity index (χ2n) is 7.20. The Balaban J connectivity index is 1.77. The van der Waals surface area contributed by atoms with Gasteiger partial charge >= 0.3 is 0 Å². The molecule has 5 N–H and O–H groups in total. The van der Waals surface area contributed by atoms with E-state index in [0.717, 1.165) is 42.9 Å². The normalized spacial score (nSPS) is 16.7. The van der Waals surface area contributed by atoms with Crippen LogP contribution in [-0.2, 0) is 0 Å². The van der Waals surface area contributed by atoms with Crippen LogP contribution in [0.1, 0.15) is 36.6 Å². The Kier molecular flexibility index (Phi) is 4.72. The predicted octanol–water partition coefficient (Wildman–Crippen LogP) is 2.35. The van der Waals surface area contributed by atoms with Crippen molar-refractivity contribution >= 4 is 17.3 Å². The molecule has 25 heavy (non-hydrogen) atoms. The molecule has 0 bridgehead atoms. The molecule has 1 aliphatic heterocycles. The molecule has 1 saturated heterocycles. The molecule has 2 heterocycles. The van der Waals surface area contributed by atoms with E-state index >= 15 is 0 Å². The van der Waals surface area contributed by atoms with E-state index in [-0.39, 0.29) is 5.41 Å². The van der Waals surface area contributed by atoms with Crippen molar-refractivity contribution in [3.63, 3.8) is 0 Å². The molecule has 0 unspecified atom stereocenters. The highest BCUT2D eigenvalue weighted by molar-refractivity contribution is 6.12. The molecule has 0 atom stereocenters. The third kappa shape index (κ3) is 3.64. The summed E-state index contributed by atoms with van der Waals surface area (Å²) in [5.74, 6) is 1.08. The predicted molar refractivity (Wildman–Crippen MR) is 102 cm³/mol. The minimum Gasteiger partial charge on any atom is -0.382 e. The highest BCUT2D eigenvalue weighted by Crippen LogP contribution is 2.31. The van der Waals surface area contributed by atoms with Crippen molar-refractivity contribution in [1.29, 1.82) is 5.41 Å². The number of hydrogen-bond donors (Lipinski definition) is 3. The third-order valence-electron chi connectivity index (χ3n) is 5.15. The van der Waals surface area contributed by atoms with E-state index in [2.05, 4.69) is 21.8 Å². The highest BCUT2D eigenvalue weighted by Gasteiger charge is 2.29. The van der Waals surface area contributed by atoms with Crippen LogP contribution in [0.4, 0.5) is 11.6 Å². The fourth-order valence-corrected chi connectivity index (χ4v) is 3.08. The van der Waals surface area contributed by atoms with E-state index in [4.69, 9.17) is 16.9 Å². The number of nitrogens with one attached hydrogen (secondary N) is 1. The molecule has 1 aromatic carbocycles. The number of hydrogen-bond acceptors (Lipinski definition) is 6. The molecule has 1 fully saturated rings. The number of aryl methyl sites for hydroxylation is 1. The van der Waals surface area contributed by atoms with Crippen LogP contribution in [0, 0.1) is 17.7 Å². The third-order valence-corrected chi connectivity index (χ3v) is 5.15. The molecule has 0 saturated carbocycles. The first-order chi connectivity index (χ1) is 11.9. The van der Waals surface area contributed by atoms with Gasteiger partial charge in [0.15, 0.2) is 5.82 Å². The van der Waals surface area contributed by atoms with Crippen LogP contribution in [-0.4, -0.2) is 35.3 Å². The van der Waals surface area contributed by atoms with Crippen molar-refractivity contribution in [3.05, 3.63) is 47.3 Å². The van der Waals surface area contributed by atoms with E-state index < -0.39 is 0 Å². The molecule has 2 aromatic rings. The zero-order valence-corrected chi connectivity index (χ0v) is 14.9. The van der Waals surface area contributed by atoms with Crippen LogP contribution in [0.2, 0.25) is 0 Å². The monoisotopic (exact) mass is 338 g/mol. The van der Waals surface area contributed by atoms with Gasteiger partial charge < -0.3 is 16.4 Å². The quantitative estimate of drug-likeness (QED) is 0.742. The van der Waals surface area contributed by atoms with Crippen molar-refractivity contribution in [2.24, 2.45) is 11.1 Å². The second kappa shape index (κ2) is 6.80. The zero-order valence-electron chi connectivity index (χ0n) is 14.9. The number of nitrogens with two attached hydrogens (primary N) is 2. The summed E-state index contributed by atoms with van der Waals surface area (Å²) in [5, 5.41) is 8.36. The van der Waals surface area contributed by atoms with Crippen molar-refractivity contribution in [3.8, 4) is 0 Å². The number of nitrogen functional groups attached to an aromatic ring is 1. The highest BCUT2D eigenvalue weighted by atomic mass is 15.2. The molecule has 1 aromatic heterocycles. The van der Waals surface area contributed by atoms with Gasteiger partial charge in [-0.3, -0.25) is 5.41 Å². The van der Waals surface area contributed by atoms with Crippen LogP contribution in [0.5, 0.6) is 0 Å².